The van der Waals surface area contributed by atoms with Crippen LogP contribution < -0.4 is 11.5 Å². The van der Waals surface area contributed by atoms with Crippen LogP contribution in [0.1, 0.15) is 12.5 Å². The molecule has 0 saturated heterocycles. The highest BCUT2D eigenvalue weighted by Crippen LogP contribution is 2.15. The molecule has 17 heavy (non-hydrogen) atoms. The van der Waals surface area contributed by atoms with Gasteiger partial charge in [-0.2, -0.15) is 4.99 Å². The number of carbonyl (C=O) groups excluding carboxylic acids is 1. The van der Waals surface area contributed by atoms with Crippen molar-refractivity contribution in [3.8, 4) is 0 Å². The van der Waals surface area contributed by atoms with Crippen LogP contribution in [0, 0.1) is 17.6 Å². The molecule has 1 rings (SSSR count). The zero-order valence-electron chi connectivity index (χ0n) is 9.28. The van der Waals surface area contributed by atoms with Gasteiger partial charge in [0.2, 0.25) is 0 Å². The molecule has 6 heteroatoms. The highest BCUT2D eigenvalue weighted by atomic mass is 19.1. The predicted octanol–water partition coefficient (Wildman–Crippen LogP) is 0.943. The highest BCUT2D eigenvalue weighted by molar-refractivity contribution is 5.92. The number of rotatable bonds is 3. The first-order valence-electron chi connectivity index (χ1n) is 4.97. The van der Waals surface area contributed by atoms with E-state index >= 15 is 0 Å². The molecule has 92 valence electrons. The van der Waals surface area contributed by atoms with Crippen molar-refractivity contribution in [2.45, 2.75) is 13.3 Å². The molecule has 0 fully saturated rings. The lowest BCUT2D eigenvalue weighted by atomic mass is 10.00. The smallest absolute Gasteiger partial charge is 0.252 e. The van der Waals surface area contributed by atoms with Gasteiger partial charge in [-0.15, -0.1) is 0 Å². The largest absolute Gasteiger partial charge is 0.370 e. The summed E-state index contributed by atoms with van der Waals surface area (Å²) >= 11 is 0. The zero-order valence-corrected chi connectivity index (χ0v) is 9.28. The second-order valence-electron chi connectivity index (χ2n) is 3.72. The van der Waals surface area contributed by atoms with E-state index in [9.17, 15) is 13.6 Å². The maximum atomic E-state index is 13.3. The molecule has 1 amide bonds. The number of aliphatic imine (C=N–C) groups is 1. The first-order valence-corrected chi connectivity index (χ1v) is 4.97. The van der Waals surface area contributed by atoms with E-state index in [1.54, 1.807) is 6.92 Å². The van der Waals surface area contributed by atoms with E-state index in [0.29, 0.717) is 0 Å². The first kappa shape index (κ1) is 13.1. The third-order valence-corrected chi connectivity index (χ3v) is 2.19. The summed E-state index contributed by atoms with van der Waals surface area (Å²) in [6, 6.07) is 3.08. The Kier molecular flexibility index (Phi) is 4.14. The van der Waals surface area contributed by atoms with Crippen LogP contribution in [0.3, 0.4) is 0 Å². The quantitative estimate of drug-likeness (QED) is 0.610. The standard InChI is InChI=1S/C11H13F2N3O/c1-6(10(17)16-11(14)15)4-7-5-8(12)2-3-9(7)13/h2-3,5-6H,4H2,1H3,(H4,14,15,16,17). The minimum absolute atomic E-state index is 0.0409. The van der Waals surface area contributed by atoms with Gasteiger partial charge in [0, 0.05) is 5.92 Å². The van der Waals surface area contributed by atoms with E-state index in [-0.39, 0.29) is 17.9 Å². The number of nitrogens with zero attached hydrogens (tertiary/aromatic N) is 1. The Hall–Kier alpha value is -1.98. The van der Waals surface area contributed by atoms with Crippen LogP contribution in [-0.2, 0) is 11.2 Å². The van der Waals surface area contributed by atoms with Crippen molar-refractivity contribution in [3.05, 3.63) is 35.4 Å². The minimum atomic E-state index is -0.617. The fraction of sp³-hybridized carbons (Fsp3) is 0.273. The molecule has 0 radical (unpaired) electrons. The van der Waals surface area contributed by atoms with Gasteiger partial charge in [0.15, 0.2) is 5.96 Å². The van der Waals surface area contributed by atoms with Gasteiger partial charge in [0.25, 0.3) is 5.91 Å². The van der Waals surface area contributed by atoms with E-state index in [1.807, 2.05) is 0 Å². The molecule has 0 aliphatic heterocycles. The number of hydrogen-bond acceptors (Lipinski definition) is 1. The van der Waals surface area contributed by atoms with Gasteiger partial charge >= 0.3 is 0 Å². The van der Waals surface area contributed by atoms with E-state index in [0.717, 1.165) is 18.2 Å². The molecule has 0 saturated carbocycles. The maximum Gasteiger partial charge on any atom is 0.252 e. The number of benzene rings is 1. The van der Waals surface area contributed by atoms with Crippen LogP contribution in [0.15, 0.2) is 23.2 Å². The lowest BCUT2D eigenvalue weighted by Gasteiger charge is -2.08. The van der Waals surface area contributed by atoms with Crippen LogP contribution >= 0.6 is 0 Å². The maximum absolute atomic E-state index is 13.3. The van der Waals surface area contributed by atoms with Crippen LogP contribution in [0.25, 0.3) is 0 Å². The Morgan fingerprint density at radius 2 is 2.06 bits per heavy atom. The molecule has 0 spiro atoms. The fourth-order valence-electron chi connectivity index (χ4n) is 1.35. The van der Waals surface area contributed by atoms with Gasteiger partial charge < -0.3 is 11.5 Å². The average Bonchev–Trinajstić information content (AvgIpc) is 2.22. The highest BCUT2D eigenvalue weighted by Gasteiger charge is 2.15. The number of amides is 1. The topological polar surface area (TPSA) is 81.5 Å². The van der Waals surface area contributed by atoms with Crippen LogP contribution in [0.5, 0.6) is 0 Å². The normalized spacial score (nSPS) is 11.9. The Bertz CT molecular complexity index is 456. The van der Waals surface area contributed by atoms with E-state index in [4.69, 9.17) is 11.5 Å². The fourth-order valence-corrected chi connectivity index (χ4v) is 1.35. The zero-order chi connectivity index (χ0) is 13.0. The average molecular weight is 241 g/mol. The summed E-state index contributed by atoms with van der Waals surface area (Å²) in [5.41, 5.74) is 10.2. The van der Waals surface area contributed by atoms with Gasteiger partial charge in [-0.3, -0.25) is 4.79 Å². The van der Waals surface area contributed by atoms with Gasteiger partial charge in [0.05, 0.1) is 0 Å². The number of nitrogens with two attached hydrogens (primary N) is 2. The van der Waals surface area contributed by atoms with Crippen molar-refractivity contribution in [3.63, 3.8) is 0 Å². The summed E-state index contributed by atoms with van der Waals surface area (Å²) in [6.45, 7) is 1.54. The molecule has 1 atom stereocenters. The molecule has 0 aliphatic carbocycles. The van der Waals surface area contributed by atoms with Gasteiger partial charge in [-0.25, -0.2) is 8.78 Å². The predicted molar refractivity (Wildman–Crippen MR) is 60.0 cm³/mol. The SMILES string of the molecule is CC(Cc1cc(F)ccc1F)C(=O)N=C(N)N. The molecule has 1 unspecified atom stereocenters. The number of carbonyl (C=O) groups is 1. The second kappa shape index (κ2) is 5.38. The molecule has 0 bridgehead atoms. The van der Waals surface area contributed by atoms with Gasteiger partial charge in [0.1, 0.15) is 11.6 Å². The molecular weight excluding hydrogens is 228 g/mol. The molecule has 1 aromatic carbocycles. The van der Waals surface area contributed by atoms with Crippen molar-refractivity contribution in [1.29, 1.82) is 0 Å². The first-order chi connectivity index (χ1) is 7.90. The van der Waals surface area contributed by atoms with Crippen molar-refractivity contribution in [2.75, 3.05) is 0 Å². The van der Waals surface area contributed by atoms with Crippen LogP contribution in [0.2, 0.25) is 0 Å². The lowest BCUT2D eigenvalue weighted by Crippen LogP contribution is -2.26. The lowest BCUT2D eigenvalue weighted by molar-refractivity contribution is -0.121. The molecule has 0 aromatic heterocycles. The van der Waals surface area contributed by atoms with E-state index in [2.05, 4.69) is 4.99 Å². The summed E-state index contributed by atoms with van der Waals surface area (Å²) < 4.78 is 26.2. The van der Waals surface area contributed by atoms with Crippen LogP contribution in [-0.4, -0.2) is 11.9 Å². The number of guanidine groups is 1. The Morgan fingerprint density at radius 3 is 2.65 bits per heavy atom. The van der Waals surface area contributed by atoms with E-state index in [1.165, 1.54) is 0 Å². The summed E-state index contributed by atoms with van der Waals surface area (Å²) in [5.74, 6) is -2.64. The Morgan fingerprint density at radius 1 is 1.41 bits per heavy atom. The van der Waals surface area contributed by atoms with Crippen molar-refractivity contribution in [1.82, 2.24) is 0 Å². The summed E-state index contributed by atoms with van der Waals surface area (Å²) in [7, 11) is 0. The van der Waals surface area contributed by atoms with Crippen molar-refractivity contribution >= 4 is 11.9 Å². The monoisotopic (exact) mass is 241 g/mol. The summed E-state index contributed by atoms with van der Waals surface area (Å²) in [4.78, 5) is 14.7. The van der Waals surface area contributed by atoms with Gasteiger partial charge in [-0.05, 0) is 30.2 Å². The van der Waals surface area contributed by atoms with Gasteiger partial charge in [-0.1, -0.05) is 6.92 Å². The molecule has 4 nitrogen and oxygen atoms in total. The number of hydrogen-bond donors (Lipinski definition) is 2. The van der Waals surface area contributed by atoms with Crippen molar-refractivity contribution in [2.24, 2.45) is 22.4 Å². The van der Waals surface area contributed by atoms with Crippen molar-refractivity contribution < 1.29 is 13.6 Å². The molecule has 0 aliphatic rings. The molecule has 4 N–H and O–H groups in total. The third-order valence-electron chi connectivity index (χ3n) is 2.19. The Labute approximate surface area is 97.3 Å². The molecule has 1 aromatic rings. The minimum Gasteiger partial charge on any atom is -0.370 e. The molecule has 0 heterocycles. The van der Waals surface area contributed by atoms with E-state index < -0.39 is 23.5 Å². The second-order valence-corrected chi connectivity index (χ2v) is 3.72. The molecular formula is C11H13F2N3O. The summed E-state index contributed by atoms with van der Waals surface area (Å²) in [5, 5.41) is 0. The summed E-state index contributed by atoms with van der Waals surface area (Å²) in [6.07, 6.45) is 0.0409. The number of halogens is 2. The Balaban J connectivity index is 2.81. The van der Waals surface area contributed by atoms with Crippen LogP contribution in [0.4, 0.5) is 8.78 Å². The third kappa shape index (κ3) is 3.82.